The van der Waals surface area contributed by atoms with E-state index in [2.05, 4.69) is 15.3 Å². The topological polar surface area (TPSA) is 80.9 Å². The predicted octanol–water partition coefficient (Wildman–Crippen LogP) is 1.66. The molecule has 1 aromatic rings. The predicted molar refractivity (Wildman–Crippen MR) is 72.6 cm³/mol. The molecular formula is C12H19ClN4O. The van der Waals surface area contributed by atoms with Gasteiger partial charge in [-0.3, -0.25) is 4.79 Å². The summed E-state index contributed by atoms with van der Waals surface area (Å²) in [6.45, 7) is 1.81. The standard InChI is InChI=1S/C12H18N4O.ClH/c1-8-14-6-10(7-15-8)16-12(17)5-9-3-2-4-11(9)13;/h6-7,9,11H,2-5,13H2,1H3,(H,16,17);1H/t9-,11+;/m0./s1. The first-order valence-electron chi connectivity index (χ1n) is 5.99. The van der Waals surface area contributed by atoms with E-state index in [1.165, 1.54) is 0 Å². The summed E-state index contributed by atoms with van der Waals surface area (Å²) in [6.07, 6.45) is 6.95. The minimum absolute atomic E-state index is 0. The number of nitrogens with one attached hydrogen (secondary N) is 1. The number of halogens is 1. The van der Waals surface area contributed by atoms with E-state index >= 15 is 0 Å². The Morgan fingerprint density at radius 1 is 1.44 bits per heavy atom. The molecule has 1 aliphatic rings. The van der Waals surface area contributed by atoms with Crippen molar-refractivity contribution in [3.63, 3.8) is 0 Å². The zero-order chi connectivity index (χ0) is 12.3. The molecule has 2 atom stereocenters. The molecule has 6 heteroatoms. The second kappa shape index (κ2) is 6.66. The molecule has 18 heavy (non-hydrogen) atoms. The van der Waals surface area contributed by atoms with Crippen molar-refractivity contribution in [2.24, 2.45) is 11.7 Å². The second-order valence-corrected chi connectivity index (χ2v) is 4.63. The number of carbonyl (C=O) groups excluding carboxylic acids is 1. The summed E-state index contributed by atoms with van der Waals surface area (Å²) in [5.41, 5.74) is 6.58. The number of nitrogens with zero attached hydrogens (tertiary/aromatic N) is 2. The van der Waals surface area contributed by atoms with Crippen LogP contribution in [0.2, 0.25) is 0 Å². The number of carbonyl (C=O) groups is 1. The van der Waals surface area contributed by atoms with Crippen LogP contribution in [0.1, 0.15) is 31.5 Å². The normalized spacial score (nSPS) is 22.3. The van der Waals surface area contributed by atoms with Crippen LogP contribution in [0, 0.1) is 12.8 Å². The molecule has 1 aromatic heterocycles. The molecule has 0 saturated heterocycles. The molecule has 1 heterocycles. The van der Waals surface area contributed by atoms with Crippen LogP contribution in [0.5, 0.6) is 0 Å². The molecule has 1 amide bonds. The summed E-state index contributed by atoms with van der Waals surface area (Å²) in [5.74, 6) is 1.02. The van der Waals surface area contributed by atoms with Crippen molar-refractivity contribution in [2.75, 3.05) is 5.32 Å². The van der Waals surface area contributed by atoms with E-state index in [0.29, 0.717) is 23.9 Å². The van der Waals surface area contributed by atoms with Gasteiger partial charge in [-0.1, -0.05) is 6.42 Å². The fourth-order valence-electron chi connectivity index (χ4n) is 2.23. The largest absolute Gasteiger partial charge is 0.327 e. The van der Waals surface area contributed by atoms with Gasteiger partial charge < -0.3 is 11.1 Å². The zero-order valence-corrected chi connectivity index (χ0v) is 11.2. The van der Waals surface area contributed by atoms with Crippen molar-refractivity contribution in [3.05, 3.63) is 18.2 Å². The Morgan fingerprint density at radius 2 is 2.11 bits per heavy atom. The number of amides is 1. The summed E-state index contributed by atoms with van der Waals surface area (Å²) in [5, 5.41) is 2.80. The number of aryl methyl sites for hydroxylation is 1. The first kappa shape index (κ1) is 14.9. The molecule has 1 fully saturated rings. The van der Waals surface area contributed by atoms with Crippen LogP contribution in [-0.2, 0) is 4.79 Å². The molecule has 1 aliphatic carbocycles. The van der Waals surface area contributed by atoms with E-state index in [0.717, 1.165) is 19.3 Å². The van der Waals surface area contributed by atoms with Crippen LogP contribution in [0.25, 0.3) is 0 Å². The third kappa shape index (κ3) is 3.92. The van der Waals surface area contributed by atoms with Gasteiger partial charge in [0.2, 0.25) is 5.91 Å². The highest BCUT2D eigenvalue weighted by atomic mass is 35.5. The molecule has 0 aromatic carbocycles. The number of aromatic nitrogens is 2. The van der Waals surface area contributed by atoms with Gasteiger partial charge in [-0.05, 0) is 25.7 Å². The van der Waals surface area contributed by atoms with Crippen molar-refractivity contribution >= 4 is 24.0 Å². The van der Waals surface area contributed by atoms with Crippen molar-refractivity contribution in [3.8, 4) is 0 Å². The molecule has 1 saturated carbocycles. The van der Waals surface area contributed by atoms with Gasteiger partial charge in [0.25, 0.3) is 0 Å². The van der Waals surface area contributed by atoms with Crippen LogP contribution < -0.4 is 11.1 Å². The summed E-state index contributed by atoms with van der Waals surface area (Å²) in [7, 11) is 0. The third-order valence-corrected chi connectivity index (χ3v) is 3.23. The minimum atomic E-state index is -0.000182. The number of rotatable bonds is 3. The Bertz CT molecular complexity index is 396. The van der Waals surface area contributed by atoms with E-state index in [9.17, 15) is 4.79 Å². The average molecular weight is 271 g/mol. The maximum absolute atomic E-state index is 11.8. The molecule has 0 unspecified atom stereocenters. The highest BCUT2D eigenvalue weighted by molar-refractivity contribution is 5.90. The lowest BCUT2D eigenvalue weighted by Crippen LogP contribution is -2.28. The van der Waals surface area contributed by atoms with Crippen molar-refractivity contribution in [1.82, 2.24) is 9.97 Å². The van der Waals surface area contributed by atoms with Crippen LogP contribution >= 0.6 is 12.4 Å². The molecule has 0 aliphatic heterocycles. The lowest BCUT2D eigenvalue weighted by atomic mass is 10.00. The first-order valence-corrected chi connectivity index (χ1v) is 5.99. The van der Waals surface area contributed by atoms with Crippen LogP contribution in [0.4, 0.5) is 5.69 Å². The second-order valence-electron chi connectivity index (χ2n) is 4.63. The highest BCUT2D eigenvalue weighted by Crippen LogP contribution is 2.26. The van der Waals surface area contributed by atoms with Gasteiger partial charge in [-0.2, -0.15) is 0 Å². The van der Waals surface area contributed by atoms with E-state index in [4.69, 9.17) is 5.73 Å². The maximum Gasteiger partial charge on any atom is 0.224 e. The van der Waals surface area contributed by atoms with Gasteiger partial charge in [0.1, 0.15) is 5.82 Å². The van der Waals surface area contributed by atoms with Gasteiger partial charge in [-0.15, -0.1) is 12.4 Å². The molecule has 5 nitrogen and oxygen atoms in total. The maximum atomic E-state index is 11.8. The smallest absolute Gasteiger partial charge is 0.224 e. The van der Waals surface area contributed by atoms with Crippen molar-refractivity contribution < 1.29 is 4.79 Å². The van der Waals surface area contributed by atoms with Crippen LogP contribution in [0.15, 0.2) is 12.4 Å². The summed E-state index contributed by atoms with van der Waals surface area (Å²) in [4.78, 5) is 19.8. The molecule has 0 bridgehead atoms. The van der Waals surface area contributed by atoms with E-state index in [1.807, 2.05) is 6.92 Å². The van der Waals surface area contributed by atoms with Crippen molar-refractivity contribution in [2.45, 2.75) is 38.6 Å². The van der Waals surface area contributed by atoms with Crippen LogP contribution in [-0.4, -0.2) is 21.9 Å². The Balaban J connectivity index is 0.00000162. The Hall–Kier alpha value is -1.20. The van der Waals surface area contributed by atoms with E-state index in [-0.39, 0.29) is 24.4 Å². The van der Waals surface area contributed by atoms with Gasteiger partial charge in [0.05, 0.1) is 18.1 Å². The van der Waals surface area contributed by atoms with Crippen LogP contribution in [0.3, 0.4) is 0 Å². The highest BCUT2D eigenvalue weighted by Gasteiger charge is 2.25. The number of nitrogens with two attached hydrogens (primary N) is 1. The fourth-order valence-corrected chi connectivity index (χ4v) is 2.23. The molecule has 2 rings (SSSR count). The minimum Gasteiger partial charge on any atom is -0.327 e. The number of hydrogen-bond donors (Lipinski definition) is 2. The van der Waals surface area contributed by atoms with E-state index < -0.39 is 0 Å². The van der Waals surface area contributed by atoms with Crippen molar-refractivity contribution in [1.29, 1.82) is 0 Å². The van der Waals surface area contributed by atoms with E-state index in [1.54, 1.807) is 12.4 Å². The number of anilines is 1. The molecule has 100 valence electrons. The fraction of sp³-hybridized carbons (Fsp3) is 0.583. The summed E-state index contributed by atoms with van der Waals surface area (Å²) >= 11 is 0. The Labute approximate surface area is 113 Å². The van der Waals surface area contributed by atoms with Gasteiger partial charge in [-0.25, -0.2) is 9.97 Å². The number of hydrogen-bond acceptors (Lipinski definition) is 4. The van der Waals surface area contributed by atoms with Gasteiger partial charge in [0.15, 0.2) is 0 Å². The summed E-state index contributed by atoms with van der Waals surface area (Å²) in [6, 6.07) is 0.176. The summed E-state index contributed by atoms with van der Waals surface area (Å²) < 4.78 is 0. The molecule has 0 radical (unpaired) electrons. The monoisotopic (exact) mass is 270 g/mol. The first-order chi connectivity index (χ1) is 8.15. The third-order valence-electron chi connectivity index (χ3n) is 3.23. The average Bonchev–Trinajstić information content (AvgIpc) is 2.68. The van der Waals surface area contributed by atoms with Gasteiger partial charge >= 0.3 is 0 Å². The van der Waals surface area contributed by atoms with Gasteiger partial charge in [0, 0.05) is 12.5 Å². The zero-order valence-electron chi connectivity index (χ0n) is 10.4. The molecule has 0 spiro atoms. The Morgan fingerprint density at radius 3 is 2.67 bits per heavy atom. The lowest BCUT2D eigenvalue weighted by molar-refractivity contribution is -0.117. The Kier molecular flexibility index (Phi) is 5.50. The lowest BCUT2D eigenvalue weighted by Gasteiger charge is -2.14. The SMILES string of the molecule is Cc1ncc(NC(=O)C[C@@H]2CCC[C@H]2N)cn1.Cl. The molecule has 3 N–H and O–H groups in total. The quantitative estimate of drug-likeness (QED) is 0.875. The molecular weight excluding hydrogens is 252 g/mol.